The molecule has 1 aliphatic heterocycles. The molecule has 194 valence electrons. The van der Waals surface area contributed by atoms with Gasteiger partial charge in [0, 0.05) is 32.3 Å². The van der Waals surface area contributed by atoms with Gasteiger partial charge in [-0.1, -0.05) is 38.6 Å². The molecule has 1 aromatic carbocycles. The third-order valence-electron chi connectivity index (χ3n) is 5.82. The molecule has 0 spiro atoms. The molecule has 36 heavy (non-hydrogen) atoms. The molecule has 0 unspecified atom stereocenters. The summed E-state index contributed by atoms with van der Waals surface area (Å²) in [6.45, 7) is 9.30. The molecule has 11 heteroatoms. The Balaban J connectivity index is 1.56. The lowest BCUT2D eigenvalue weighted by molar-refractivity contribution is 0.122. The van der Waals surface area contributed by atoms with E-state index >= 15 is 0 Å². The van der Waals surface area contributed by atoms with E-state index in [0.717, 1.165) is 47.9 Å². The molecule has 1 N–H and O–H groups in total. The molecule has 3 aromatic rings. The minimum Gasteiger partial charge on any atom is -0.495 e. The van der Waals surface area contributed by atoms with Gasteiger partial charge in [-0.15, -0.1) is 0 Å². The van der Waals surface area contributed by atoms with Crippen LogP contribution in [0.3, 0.4) is 0 Å². The number of ether oxygens (including phenoxy) is 3. The van der Waals surface area contributed by atoms with Crippen LogP contribution in [0.25, 0.3) is 11.2 Å². The Kier molecular flexibility index (Phi) is 8.52. The smallest absolute Gasteiger partial charge is 0.411 e. The number of nitrogens with zero attached hydrogens (tertiary/aromatic N) is 5. The van der Waals surface area contributed by atoms with Crippen LogP contribution in [0.5, 0.6) is 5.75 Å². The Labute approximate surface area is 215 Å². The normalized spacial score (nSPS) is 13.9. The van der Waals surface area contributed by atoms with Gasteiger partial charge in [0.25, 0.3) is 0 Å². The maximum Gasteiger partial charge on any atom is 0.411 e. The molecule has 0 saturated carbocycles. The number of fused-ring (bicyclic) bond motifs is 1. The van der Waals surface area contributed by atoms with E-state index in [2.05, 4.69) is 17.1 Å². The molecule has 1 amide bonds. The number of carbonyl (C=O) groups is 1. The lowest BCUT2D eigenvalue weighted by atomic mass is 10.2. The zero-order chi connectivity index (χ0) is 25.7. The van der Waals surface area contributed by atoms with Crippen LogP contribution in [0, 0.1) is 5.92 Å². The van der Waals surface area contributed by atoms with Gasteiger partial charge in [0.05, 0.1) is 32.6 Å². The number of aromatic nitrogens is 4. The van der Waals surface area contributed by atoms with Crippen molar-refractivity contribution < 1.29 is 19.0 Å². The molecule has 0 atom stereocenters. The SMILES string of the molecule is CCc1nc2c(N3CCOCC3)nc(SCc3ccc(OC)c(NC(=O)OCC(C)C)c3)nc2n1C. The number of methoxy groups -OCH3 is 1. The number of imidazole rings is 1. The van der Waals surface area contributed by atoms with E-state index in [9.17, 15) is 4.79 Å². The molecule has 10 nitrogen and oxygen atoms in total. The fraction of sp³-hybridized carbons (Fsp3) is 0.520. The highest BCUT2D eigenvalue weighted by molar-refractivity contribution is 7.98. The van der Waals surface area contributed by atoms with Gasteiger partial charge in [-0.3, -0.25) is 5.32 Å². The fourth-order valence-corrected chi connectivity index (χ4v) is 4.70. The number of carbonyl (C=O) groups excluding carboxylic acids is 1. The Bertz CT molecular complexity index is 1210. The van der Waals surface area contributed by atoms with Gasteiger partial charge in [-0.05, 0) is 23.6 Å². The second kappa shape index (κ2) is 11.8. The van der Waals surface area contributed by atoms with Gasteiger partial charge in [0.1, 0.15) is 11.6 Å². The monoisotopic (exact) mass is 514 g/mol. The predicted octanol–water partition coefficient (Wildman–Crippen LogP) is 4.27. The second-order valence-corrected chi connectivity index (χ2v) is 9.93. The van der Waals surface area contributed by atoms with Crippen molar-refractivity contribution in [3.8, 4) is 5.75 Å². The maximum absolute atomic E-state index is 12.2. The first-order valence-corrected chi connectivity index (χ1v) is 13.2. The number of hydrogen-bond acceptors (Lipinski definition) is 9. The van der Waals surface area contributed by atoms with E-state index in [1.54, 1.807) is 18.9 Å². The number of thioether (sulfide) groups is 1. The summed E-state index contributed by atoms with van der Waals surface area (Å²) in [6.07, 6.45) is 0.317. The number of hydrogen-bond donors (Lipinski definition) is 1. The highest BCUT2D eigenvalue weighted by Crippen LogP contribution is 2.31. The van der Waals surface area contributed by atoms with Gasteiger partial charge < -0.3 is 23.7 Å². The Hall–Kier alpha value is -3.05. The second-order valence-electron chi connectivity index (χ2n) is 8.98. The van der Waals surface area contributed by atoms with Crippen molar-refractivity contribution in [3.05, 3.63) is 29.6 Å². The van der Waals surface area contributed by atoms with Gasteiger partial charge in [-0.2, -0.15) is 0 Å². The minimum atomic E-state index is -0.501. The number of amides is 1. The summed E-state index contributed by atoms with van der Waals surface area (Å²) in [7, 11) is 3.57. The van der Waals surface area contributed by atoms with Crippen LogP contribution < -0.4 is 15.0 Å². The number of aryl methyl sites for hydroxylation is 2. The van der Waals surface area contributed by atoms with Crippen molar-refractivity contribution in [3.63, 3.8) is 0 Å². The van der Waals surface area contributed by atoms with E-state index in [-0.39, 0.29) is 5.92 Å². The van der Waals surface area contributed by atoms with Crippen molar-refractivity contribution in [1.29, 1.82) is 0 Å². The van der Waals surface area contributed by atoms with E-state index in [1.165, 1.54) is 0 Å². The average Bonchev–Trinajstić information content (AvgIpc) is 3.21. The van der Waals surface area contributed by atoms with Crippen LogP contribution in [-0.2, 0) is 28.7 Å². The minimum absolute atomic E-state index is 0.257. The molecule has 0 radical (unpaired) electrons. The molecule has 1 fully saturated rings. The van der Waals surface area contributed by atoms with Gasteiger partial charge in [0.2, 0.25) is 0 Å². The van der Waals surface area contributed by atoms with Crippen molar-refractivity contribution in [2.75, 3.05) is 50.2 Å². The van der Waals surface area contributed by atoms with Gasteiger partial charge in [0.15, 0.2) is 22.1 Å². The third kappa shape index (κ3) is 6.01. The zero-order valence-electron chi connectivity index (χ0n) is 21.5. The van der Waals surface area contributed by atoms with Crippen LogP contribution in [0.4, 0.5) is 16.3 Å². The summed E-state index contributed by atoms with van der Waals surface area (Å²) in [4.78, 5) is 29.0. The molecule has 0 bridgehead atoms. The lowest BCUT2D eigenvalue weighted by Gasteiger charge is -2.28. The molecular weight excluding hydrogens is 480 g/mol. The summed E-state index contributed by atoms with van der Waals surface area (Å²) >= 11 is 1.54. The third-order valence-corrected chi connectivity index (χ3v) is 6.73. The predicted molar refractivity (Wildman–Crippen MR) is 141 cm³/mol. The quantitative estimate of drug-likeness (QED) is 0.331. The Morgan fingerprint density at radius 1 is 1.22 bits per heavy atom. The molecule has 3 heterocycles. The Morgan fingerprint density at radius 2 is 2.00 bits per heavy atom. The molecule has 0 aliphatic carbocycles. The molecule has 4 rings (SSSR count). The zero-order valence-corrected chi connectivity index (χ0v) is 22.4. The first-order valence-electron chi connectivity index (χ1n) is 12.2. The largest absolute Gasteiger partial charge is 0.495 e. The Morgan fingerprint density at radius 3 is 2.69 bits per heavy atom. The number of rotatable bonds is 9. The number of nitrogens with one attached hydrogen (secondary N) is 1. The first kappa shape index (κ1) is 26.0. The van der Waals surface area contributed by atoms with E-state index in [1.807, 2.05) is 43.7 Å². The van der Waals surface area contributed by atoms with Gasteiger partial charge in [-0.25, -0.2) is 19.7 Å². The molecule has 1 saturated heterocycles. The van der Waals surface area contributed by atoms with E-state index in [0.29, 0.717) is 42.2 Å². The van der Waals surface area contributed by atoms with Gasteiger partial charge >= 0.3 is 6.09 Å². The van der Waals surface area contributed by atoms with Crippen molar-refractivity contribution in [1.82, 2.24) is 19.5 Å². The fourth-order valence-electron chi connectivity index (χ4n) is 3.93. The highest BCUT2D eigenvalue weighted by atomic mass is 32.2. The van der Waals surface area contributed by atoms with Crippen LogP contribution in [0.1, 0.15) is 32.2 Å². The van der Waals surface area contributed by atoms with Crippen LogP contribution in [0.15, 0.2) is 23.4 Å². The van der Waals surface area contributed by atoms with Crippen LogP contribution in [-0.4, -0.2) is 65.6 Å². The number of anilines is 2. The topological polar surface area (TPSA) is 104 Å². The first-order chi connectivity index (χ1) is 17.4. The van der Waals surface area contributed by atoms with Crippen molar-refractivity contribution >= 4 is 40.5 Å². The molecule has 2 aromatic heterocycles. The van der Waals surface area contributed by atoms with Crippen LogP contribution >= 0.6 is 11.8 Å². The average molecular weight is 515 g/mol. The van der Waals surface area contributed by atoms with E-state index < -0.39 is 6.09 Å². The van der Waals surface area contributed by atoms with E-state index in [4.69, 9.17) is 29.2 Å². The number of benzene rings is 1. The van der Waals surface area contributed by atoms with Crippen LogP contribution in [0.2, 0.25) is 0 Å². The maximum atomic E-state index is 12.2. The summed E-state index contributed by atoms with van der Waals surface area (Å²) in [5, 5.41) is 3.47. The van der Waals surface area contributed by atoms with Crippen molar-refractivity contribution in [2.24, 2.45) is 13.0 Å². The van der Waals surface area contributed by atoms with Crippen molar-refractivity contribution in [2.45, 2.75) is 38.1 Å². The number of morpholine rings is 1. The standard InChI is InChI=1S/C25H34N6O4S/c1-6-20-27-21-22(30(20)4)28-24(29-23(21)31-9-11-34-12-10-31)36-15-17-7-8-19(33-5)18(13-17)26-25(32)35-14-16(2)3/h7-8,13,16H,6,9-12,14-15H2,1-5H3,(H,26,32). The molecule has 1 aliphatic rings. The summed E-state index contributed by atoms with van der Waals surface area (Å²) in [6, 6.07) is 5.70. The highest BCUT2D eigenvalue weighted by Gasteiger charge is 2.22. The summed E-state index contributed by atoms with van der Waals surface area (Å²) < 4.78 is 18.3. The lowest BCUT2D eigenvalue weighted by Crippen LogP contribution is -2.37. The summed E-state index contributed by atoms with van der Waals surface area (Å²) in [5.74, 6) is 3.27. The summed E-state index contributed by atoms with van der Waals surface area (Å²) in [5.41, 5.74) is 3.22. The molecular formula is C25H34N6O4S.